The third kappa shape index (κ3) is 2.93. The molecule has 1 amide bonds. The second-order valence-corrected chi connectivity index (χ2v) is 6.61. The van der Waals surface area contributed by atoms with Gasteiger partial charge in [-0.15, -0.1) is 0 Å². The minimum Gasteiger partial charge on any atom is -0.305 e. The van der Waals surface area contributed by atoms with Crippen molar-refractivity contribution in [2.45, 2.75) is 6.92 Å². The molecule has 0 bridgehead atoms. The van der Waals surface area contributed by atoms with Crippen LogP contribution in [0, 0.1) is 6.92 Å². The van der Waals surface area contributed by atoms with Crippen molar-refractivity contribution in [3.05, 3.63) is 80.7 Å². The van der Waals surface area contributed by atoms with Gasteiger partial charge < -0.3 is 4.90 Å². The normalized spacial score (nSPS) is 10.7. The Balaban J connectivity index is 2.11. The van der Waals surface area contributed by atoms with E-state index in [1.54, 1.807) is 34.6 Å². The van der Waals surface area contributed by atoms with E-state index in [9.17, 15) is 9.59 Å². The Hall–Kier alpha value is -2.60. The predicted octanol–water partition coefficient (Wildman–Crippen LogP) is 3.52. The lowest BCUT2D eigenvalue weighted by Gasteiger charge is -2.16. The number of carbonyl (C=O) groups excluding carboxylic acids is 1. The number of aromatic nitrogens is 2. The smallest absolute Gasteiger partial charge is 0.295 e. The van der Waals surface area contributed by atoms with Crippen molar-refractivity contribution in [1.29, 1.82) is 0 Å². The van der Waals surface area contributed by atoms with Gasteiger partial charge in [-0.25, -0.2) is 4.68 Å². The molecule has 0 N–H and O–H groups in total. The van der Waals surface area contributed by atoms with E-state index in [2.05, 4.69) is 15.9 Å². The standard InChI is InChI=1S/C19H18BrN3O2/c1-13-17(21(2)18(24)15-11-7-8-12-16(15)20)19(25)23(22(13)3)14-9-5-4-6-10-14/h4-12H,1-3H3. The van der Waals surface area contributed by atoms with E-state index < -0.39 is 0 Å². The zero-order chi connectivity index (χ0) is 18.1. The molecule has 1 heterocycles. The van der Waals surface area contributed by atoms with Crippen molar-refractivity contribution in [1.82, 2.24) is 9.36 Å². The molecule has 0 aliphatic rings. The largest absolute Gasteiger partial charge is 0.305 e. The molecule has 0 saturated carbocycles. The third-order valence-corrected chi connectivity index (χ3v) is 4.96. The lowest BCUT2D eigenvalue weighted by Crippen LogP contribution is -2.31. The molecule has 0 unspecified atom stereocenters. The van der Waals surface area contributed by atoms with Crippen molar-refractivity contribution in [3.63, 3.8) is 0 Å². The quantitative estimate of drug-likeness (QED) is 0.676. The first-order valence-electron chi connectivity index (χ1n) is 7.80. The minimum absolute atomic E-state index is 0.228. The highest BCUT2D eigenvalue weighted by molar-refractivity contribution is 9.10. The second-order valence-electron chi connectivity index (χ2n) is 5.75. The van der Waals surface area contributed by atoms with Crippen molar-refractivity contribution in [2.75, 3.05) is 11.9 Å². The molecular weight excluding hydrogens is 382 g/mol. The summed E-state index contributed by atoms with van der Waals surface area (Å²) in [6, 6.07) is 16.6. The van der Waals surface area contributed by atoms with E-state index in [0.717, 1.165) is 11.4 Å². The van der Waals surface area contributed by atoms with Crippen LogP contribution in [-0.2, 0) is 7.05 Å². The Morgan fingerprint density at radius 1 is 1.04 bits per heavy atom. The summed E-state index contributed by atoms with van der Waals surface area (Å²) in [5, 5.41) is 0. The Labute approximate surface area is 154 Å². The Morgan fingerprint density at radius 2 is 1.64 bits per heavy atom. The first-order valence-corrected chi connectivity index (χ1v) is 8.59. The highest BCUT2D eigenvalue weighted by atomic mass is 79.9. The molecule has 0 radical (unpaired) electrons. The van der Waals surface area contributed by atoms with Crippen molar-refractivity contribution in [3.8, 4) is 5.69 Å². The first-order chi connectivity index (χ1) is 11.9. The molecule has 1 aromatic heterocycles. The molecule has 6 heteroatoms. The van der Waals surface area contributed by atoms with Gasteiger partial charge in [-0.3, -0.25) is 14.3 Å². The van der Waals surface area contributed by atoms with Crippen molar-refractivity contribution < 1.29 is 4.79 Å². The molecule has 2 aromatic carbocycles. The maximum atomic E-state index is 13.0. The van der Waals surface area contributed by atoms with Crippen LogP contribution in [0.5, 0.6) is 0 Å². The van der Waals surface area contributed by atoms with E-state index >= 15 is 0 Å². The summed E-state index contributed by atoms with van der Waals surface area (Å²) in [6.45, 7) is 1.83. The Kier molecular flexibility index (Phi) is 4.63. The van der Waals surface area contributed by atoms with Gasteiger partial charge in [-0.05, 0) is 47.1 Å². The molecule has 3 aromatic rings. The predicted molar refractivity (Wildman–Crippen MR) is 103 cm³/mol. The maximum Gasteiger partial charge on any atom is 0.295 e. The van der Waals surface area contributed by atoms with Crippen LogP contribution in [0.4, 0.5) is 5.69 Å². The highest BCUT2D eigenvalue weighted by Crippen LogP contribution is 2.22. The average Bonchev–Trinajstić information content (AvgIpc) is 2.84. The number of carbonyl (C=O) groups is 1. The van der Waals surface area contributed by atoms with Crippen LogP contribution in [0.1, 0.15) is 16.1 Å². The molecule has 0 saturated heterocycles. The maximum absolute atomic E-state index is 13.0. The van der Waals surface area contributed by atoms with Crippen LogP contribution >= 0.6 is 15.9 Å². The fourth-order valence-corrected chi connectivity index (χ4v) is 3.31. The molecule has 25 heavy (non-hydrogen) atoms. The van der Waals surface area contributed by atoms with E-state index in [-0.39, 0.29) is 11.5 Å². The van der Waals surface area contributed by atoms with Gasteiger partial charge in [0.1, 0.15) is 5.69 Å². The molecule has 0 atom stereocenters. The number of rotatable bonds is 3. The van der Waals surface area contributed by atoms with E-state index in [4.69, 9.17) is 0 Å². The number of benzene rings is 2. The summed E-state index contributed by atoms with van der Waals surface area (Å²) in [5.41, 5.74) is 2.13. The molecule has 128 valence electrons. The van der Waals surface area contributed by atoms with Crippen LogP contribution in [0.25, 0.3) is 5.69 Å². The minimum atomic E-state index is -0.238. The van der Waals surface area contributed by atoms with Crippen molar-refractivity contribution >= 4 is 27.5 Å². The topological polar surface area (TPSA) is 47.2 Å². The summed E-state index contributed by atoms with van der Waals surface area (Å²) in [7, 11) is 3.44. The zero-order valence-corrected chi connectivity index (χ0v) is 15.8. The van der Waals surface area contributed by atoms with E-state index in [1.807, 2.05) is 50.4 Å². The number of amides is 1. The van der Waals surface area contributed by atoms with Gasteiger partial charge in [-0.1, -0.05) is 30.3 Å². The van der Waals surface area contributed by atoms with Crippen LogP contribution in [0.2, 0.25) is 0 Å². The molecule has 0 aliphatic heterocycles. The number of anilines is 1. The average molecular weight is 400 g/mol. The lowest BCUT2D eigenvalue weighted by molar-refractivity contribution is 0.0992. The van der Waals surface area contributed by atoms with Gasteiger partial charge in [0.05, 0.1) is 16.9 Å². The number of hydrogen-bond donors (Lipinski definition) is 0. The van der Waals surface area contributed by atoms with Gasteiger partial charge in [0.2, 0.25) is 0 Å². The lowest BCUT2D eigenvalue weighted by atomic mass is 10.2. The number of para-hydroxylation sites is 1. The fourth-order valence-electron chi connectivity index (χ4n) is 2.86. The molecular formula is C19H18BrN3O2. The number of hydrogen-bond acceptors (Lipinski definition) is 2. The van der Waals surface area contributed by atoms with Crippen LogP contribution < -0.4 is 10.5 Å². The summed E-state index contributed by atoms with van der Waals surface area (Å²) in [5.74, 6) is -0.238. The fraction of sp³-hybridized carbons (Fsp3) is 0.158. The summed E-state index contributed by atoms with van der Waals surface area (Å²) in [6.07, 6.45) is 0. The van der Waals surface area contributed by atoms with Gasteiger partial charge in [0.25, 0.3) is 11.5 Å². The number of nitrogens with zero attached hydrogens (tertiary/aromatic N) is 3. The molecule has 0 spiro atoms. The monoisotopic (exact) mass is 399 g/mol. The summed E-state index contributed by atoms with van der Waals surface area (Å²) in [4.78, 5) is 27.3. The zero-order valence-electron chi connectivity index (χ0n) is 14.2. The summed E-state index contributed by atoms with van der Waals surface area (Å²) >= 11 is 3.40. The summed E-state index contributed by atoms with van der Waals surface area (Å²) < 4.78 is 4.02. The van der Waals surface area contributed by atoms with Crippen LogP contribution in [-0.4, -0.2) is 22.3 Å². The molecule has 5 nitrogen and oxygen atoms in total. The third-order valence-electron chi connectivity index (χ3n) is 4.27. The van der Waals surface area contributed by atoms with Crippen molar-refractivity contribution in [2.24, 2.45) is 7.05 Å². The molecule has 3 rings (SSSR count). The van der Waals surface area contributed by atoms with Gasteiger partial charge in [-0.2, -0.15) is 0 Å². The van der Waals surface area contributed by atoms with Crippen LogP contribution in [0.15, 0.2) is 63.9 Å². The van der Waals surface area contributed by atoms with Gasteiger partial charge in [0, 0.05) is 18.6 Å². The molecule has 0 fully saturated rings. The highest BCUT2D eigenvalue weighted by Gasteiger charge is 2.24. The Morgan fingerprint density at radius 3 is 2.28 bits per heavy atom. The number of halogens is 1. The van der Waals surface area contributed by atoms with Gasteiger partial charge >= 0.3 is 0 Å². The van der Waals surface area contributed by atoms with E-state index in [0.29, 0.717) is 15.7 Å². The Bertz CT molecular complexity index is 990. The second kappa shape index (κ2) is 6.72. The molecule has 0 aliphatic carbocycles. The first kappa shape index (κ1) is 17.2. The van der Waals surface area contributed by atoms with Crippen LogP contribution in [0.3, 0.4) is 0 Å². The van der Waals surface area contributed by atoms with E-state index in [1.165, 1.54) is 4.90 Å². The SMILES string of the molecule is Cc1c(N(C)C(=O)c2ccccc2Br)c(=O)n(-c2ccccc2)n1C. The van der Waals surface area contributed by atoms with Gasteiger partial charge in [0.15, 0.2) is 0 Å².